The van der Waals surface area contributed by atoms with Gasteiger partial charge < -0.3 is 16.4 Å². The summed E-state index contributed by atoms with van der Waals surface area (Å²) in [6, 6.07) is 9.38. The van der Waals surface area contributed by atoms with Crippen molar-refractivity contribution < 1.29 is 9.59 Å². The minimum atomic E-state index is -0.584. The Morgan fingerprint density at radius 2 is 1.95 bits per heavy atom. The van der Waals surface area contributed by atoms with Gasteiger partial charge in [0.1, 0.15) is 5.69 Å². The number of amides is 2. The fraction of sp³-hybridized carbons (Fsp3) is 0.0769. The number of carbonyl (C=O) groups is 2. The Bertz CT molecular complexity index is 612. The molecule has 1 radical (unpaired) electrons. The Labute approximate surface area is 120 Å². The van der Waals surface area contributed by atoms with E-state index in [-0.39, 0.29) is 12.2 Å². The van der Waals surface area contributed by atoms with E-state index >= 15 is 0 Å². The third-order valence-electron chi connectivity index (χ3n) is 2.52. The fourth-order valence-corrected chi connectivity index (χ4v) is 2.43. The first-order valence-corrected chi connectivity index (χ1v) is 6.66. The molecule has 1 aromatic heterocycles. The van der Waals surface area contributed by atoms with Crippen LogP contribution < -0.4 is 16.4 Å². The van der Waals surface area contributed by atoms with E-state index in [0.717, 1.165) is 5.69 Å². The summed E-state index contributed by atoms with van der Waals surface area (Å²) in [4.78, 5) is 28.0. The number of nitrogens with zero attached hydrogens (tertiary/aromatic N) is 2. The van der Waals surface area contributed by atoms with Crippen molar-refractivity contribution in [1.82, 2.24) is 4.98 Å². The topological polar surface area (TPSA) is 102 Å². The minimum absolute atomic E-state index is 0.199. The molecule has 6 nitrogen and oxygen atoms in total. The second-order valence-corrected chi connectivity index (χ2v) is 4.77. The summed E-state index contributed by atoms with van der Waals surface area (Å²) in [7, 11) is 0. The van der Waals surface area contributed by atoms with Crippen LogP contribution in [0.1, 0.15) is 10.5 Å². The molecular formula is C13H13N4O2S. The molecule has 2 rings (SSSR count). The zero-order valence-electron chi connectivity index (χ0n) is 10.5. The lowest BCUT2D eigenvalue weighted by Gasteiger charge is -2.21. The van der Waals surface area contributed by atoms with Gasteiger partial charge in [0.2, 0.25) is 5.91 Å². The van der Waals surface area contributed by atoms with E-state index in [1.807, 2.05) is 30.3 Å². The number of anilines is 2. The van der Waals surface area contributed by atoms with Crippen LogP contribution in [0.15, 0.2) is 35.7 Å². The summed E-state index contributed by atoms with van der Waals surface area (Å²) in [6.45, 7) is 0.269. The number of benzene rings is 1. The van der Waals surface area contributed by atoms with Gasteiger partial charge in [0, 0.05) is 17.6 Å². The van der Waals surface area contributed by atoms with Gasteiger partial charge in [-0.1, -0.05) is 18.2 Å². The van der Waals surface area contributed by atoms with Gasteiger partial charge in [0.15, 0.2) is 5.13 Å². The third kappa shape index (κ3) is 3.33. The van der Waals surface area contributed by atoms with Crippen molar-refractivity contribution in [3.05, 3.63) is 47.8 Å². The molecule has 0 aliphatic rings. The van der Waals surface area contributed by atoms with Crippen LogP contribution in [0.3, 0.4) is 0 Å². The smallest absolute Gasteiger partial charge is 0.268 e. The normalized spacial score (nSPS) is 10.2. The van der Waals surface area contributed by atoms with Gasteiger partial charge in [-0.25, -0.2) is 4.98 Å². The van der Waals surface area contributed by atoms with Gasteiger partial charge >= 0.3 is 0 Å². The molecule has 0 aliphatic heterocycles. The van der Waals surface area contributed by atoms with Crippen molar-refractivity contribution >= 4 is 34.0 Å². The highest BCUT2D eigenvalue weighted by Crippen LogP contribution is 2.28. The molecule has 0 fully saturated rings. The summed E-state index contributed by atoms with van der Waals surface area (Å²) in [5.41, 5.74) is 11.4. The van der Waals surface area contributed by atoms with Crippen LogP contribution in [0.25, 0.3) is 0 Å². The Morgan fingerprint density at radius 1 is 1.25 bits per heavy atom. The number of nitrogens with two attached hydrogens (primary N) is 2. The van der Waals surface area contributed by atoms with Crippen molar-refractivity contribution in [3.63, 3.8) is 0 Å². The van der Waals surface area contributed by atoms with Gasteiger partial charge in [-0.2, -0.15) is 0 Å². The predicted molar refractivity (Wildman–Crippen MR) is 77.6 cm³/mol. The zero-order chi connectivity index (χ0) is 14.5. The number of thiazole rings is 1. The van der Waals surface area contributed by atoms with Crippen LogP contribution in [0.5, 0.6) is 0 Å². The van der Waals surface area contributed by atoms with Crippen LogP contribution in [-0.4, -0.2) is 23.3 Å². The number of hydrogen-bond acceptors (Lipinski definition) is 5. The molecule has 0 saturated carbocycles. The van der Waals surface area contributed by atoms with Gasteiger partial charge in [-0.15, -0.1) is 11.3 Å². The Kier molecular flexibility index (Phi) is 4.31. The standard InChI is InChI=1S/C13H13N4O2S/c14-11(18)6-7-17(9-4-2-1-3-5-9)13-16-10(8-20-13)12(15)19/h1-6,8H,7H2,(H2,14,18)(H2,15,19). The van der Waals surface area contributed by atoms with E-state index in [1.165, 1.54) is 17.8 Å². The van der Waals surface area contributed by atoms with Crippen LogP contribution in [-0.2, 0) is 4.79 Å². The first-order valence-electron chi connectivity index (χ1n) is 5.78. The van der Waals surface area contributed by atoms with E-state index in [4.69, 9.17) is 11.5 Å². The van der Waals surface area contributed by atoms with Gasteiger partial charge in [-0.05, 0) is 12.1 Å². The lowest BCUT2D eigenvalue weighted by Crippen LogP contribution is -2.24. The maximum atomic E-state index is 11.1. The molecule has 4 N–H and O–H groups in total. The largest absolute Gasteiger partial charge is 0.369 e. The average Bonchev–Trinajstić information content (AvgIpc) is 2.90. The molecule has 0 spiro atoms. The van der Waals surface area contributed by atoms with Crippen LogP contribution in [0, 0.1) is 6.42 Å². The highest BCUT2D eigenvalue weighted by Gasteiger charge is 2.16. The van der Waals surface area contributed by atoms with E-state index < -0.39 is 11.8 Å². The summed E-state index contributed by atoms with van der Waals surface area (Å²) in [6.07, 6.45) is 1.35. The molecule has 0 saturated heterocycles. The maximum absolute atomic E-state index is 11.1. The third-order valence-corrected chi connectivity index (χ3v) is 3.38. The molecule has 1 heterocycles. The molecule has 7 heteroatoms. The Balaban J connectivity index is 2.30. The van der Waals surface area contributed by atoms with Crippen LogP contribution >= 0.6 is 11.3 Å². The number of hydrogen-bond donors (Lipinski definition) is 2. The van der Waals surface area contributed by atoms with Crippen molar-refractivity contribution in [2.75, 3.05) is 11.4 Å². The zero-order valence-corrected chi connectivity index (χ0v) is 11.3. The lowest BCUT2D eigenvalue weighted by atomic mass is 10.3. The highest BCUT2D eigenvalue weighted by atomic mass is 32.1. The molecule has 103 valence electrons. The summed E-state index contributed by atoms with van der Waals surface area (Å²) >= 11 is 1.27. The first-order chi connectivity index (χ1) is 9.58. The molecular weight excluding hydrogens is 276 g/mol. The van der Waals surface area contributed by atoms with E-state index in [1.54, 1.807) is 10.3 Å². The molecule has 2 aromatic rings. The quantitative estimate of drug-likeness (QED) is 0.830. The number of para-hydroxylation sites is 1. The minimum Gasteiger partial charge on any atom is -0.369 e. The number of primary amides is 2. The number of rotatable bonds is 6. The number of aromatic nitrogens is 1. The summed E-state index contributed by atoms with van der Waals surface area (Å²) in [5.74, 6) is -1.10. The number of carbonyl (C=O) groups excluding carboxylic acids is 2. The average molecular weight is 289 g/mol. The van der Waals surface area contributed by atoms with Crippen molar-refractivity contribution in [3.8, 4) is 0 Å². The van der Waals surface area contributed by atoms with Gasteiger partial charge in [0.25, 0.3) is 5.91 Å². The SMILES string of the molecule is NC(=O)[CH]CN(c1ccccc1)c1nc(C(N)=O)cs1. The van der Waals surface area contributed by atoms with Crippen molar-refractivity contribution in [2.24, 2.45) is 11.5 Å². The Morgan fingerprint density at radius 3 is 2.50 bits per heavy atom. The molecule has 0 atom stereocenters. The molecule has 1 aromatic carbocycles. The van der Waals surface area contributed by atoms with Crippen molar-refractivity contribution in [1.29, 1.82) is 0 Å². The molecule has 0 bridgehead atoms. The van der Waals surface area contributed by atoms with E-state index in [0.29, 0.717) is 5.13 Å². The first kappa shape index (κ1) is 14.0. The Hall–Kier alpha value is -2.41. The predicted octanol–water partition coefficient (Wildman–Crippen LogP) is 1.07. The second-order valence-electron chi connectivity index (χ2n) is 3.93. The summed E-state index contributed by atoms with van der Waals surface area (Å²) < 4.78 is 0. The maximum Gasteiger partial charge on any atom is 0.268 e. The fourth-order valence-electron chi connectivity index (χ4n) is 1.58. The van der Waals surface area contributed by atoms with E-state index in [2.05, 4.69) is 4.98 Å². The molecule has 2 amide bonds. The molecule has 0 aliphatic carbocycles. The van der Waals surface area contributed by atoms with Gasteiger partial charge in [-0.3, -0.25) is 9.59 Å². The molecule has 0 unspecified atom stereocenters. The van der Waals surface area contributed by atoms with Gasteiger partial charge in [0.05, 0.1) is 6.42 Å². The van der Waals surface area contributed by atoms with Crippen LogP contribution in [0.2, 0.25) is 0 Å². The lowest BCUT2D eigenvalue weighted by molar-refractivity contribution is -0.114. The van der Waals surface area contributed by atoms with E-state index in [9.17, 15) is 9.59 Å². The monoisotopic (exact) mass is 289 g/mol. The van der Waals surface area contributed by atoms with Crippen molar-refractivity contribution in [2.45, 2.75) is 0 Å². The molecule has 20 heavy (non-hydrogen) atoms. The summed E-state index contributed by atoms with van der Waals surface area (Å²) in [5, 5.41) is 2.15. The van der Waals surface area contributed by atoms with Crippen LogP contribution in [0.4, 0.5) is 10.8 Å². The second kappa shape index (κ2) is 6.16. The highest BCUT2D eigenvalue weighted by molar-refractivity contribution is 7.14.